The molecule has 8 heteroatoms. The van der Waals surface area contributed by atoms with Gasteiger partial charge < -0.3 is 34.9 Å². The summed E-state index contributed by atoms with van der Waals surface area (Å²) in [5, 5.41) is 39.4. The topological polar surface area (TPSA) is 115 Å². The van der Waals surface area contributed by atoms with Crippen LogP contribution in [0.15, 0.2) is 28.9 Å². The lowest BCUT2D eigenvalue weighted by Gasteiger charge is -2.39. The number of rotatable bonds is 3. The number of hydrogen-bond donors (Lipinski definition) is 5. The predicted octanol–water partition coefficient (Wildman–Crippen LogP) is 0.109. The summed E-state index contributed by atoms with van der Waals surface area (Å²) in [5.74, 6) is 0.431. The first-order valence-corrected chi connectivity index (χ1v) is 7.54. The van der Waals surface area contributed by atoms with Crippen molar-refractivity contribution >= 4 is 26.8 Å². The molecule has 5 atom stereocenters. The maximum absolute atomic E-state index is 9.99. The zero-order valence-corrected chi connectivity index (χ0v) is 13.0. The molecule has 1 aromatic heterocycles. The number of nitrogens with one attached hydrogen (secondary N) is 1. The Morgan fingerprint density at radius 3 is 2.68 bits per heavy atom. The molecule has 0 amide bonds. The molecule has 0 aliphatic carbocycles. The van der Waals surface area contributed by atoms with Gasteiger partial charge in [-0.3, -0.25) is 0 Å². The van der Waals surface area contributed by atoms with E-state index >= 15 is 0 Å². The maximum Gasteiger partial charge on any atom is 0.229 e. The number of halogens is 1. The largest absolute Gasteiger partial charge is 0.460 e. The fourth-order valence-electron chi connectivity index (χ4n) is 2.45. The lowest BCUT2D eigenvalue weighted by Crippen LogP contribution is -2.60. The molecule has 5 N–H and O–H groups in total. The zero-order chi connectivity index (χ0) is 15.9. The Morgan fingerprint density at radius 1 is 1.18 bits per heavy atom. The quantitative estimate of drug-likeness (QED) is 0.521. The molecule has 1 aromatic carbocycles. The molecule has 0 saturated carbocycles. The number of ether oxygens (including phenoxy) is 2. The van der Waals surface area contributed by atoms with Crippen LogP contribution in [0.3, 0.4) is 0 Å². The monoisotopic (exact) mass is 373 g/mol. The molecule has 120 valence electrons. The number of aliphatic hydroxyl groups is 4. The van der Waals surface area contributed by atoms with E-state index in [1.807, 2.05) is 18.2 Å². The minimum Gasteiger partial charge on any atom is -0.460 e. The summed E-state index contributed by atoms with van der Waals surface area (Å²) in [7, 11) is 0. The van der Waals surface area contributed by atoms with Gasteiger partial charge in [0, 0.05) is 21.6 Å². The van der Waals surface area contributed by atoms with Crippen molar-refractivity contribution in [2.24, 2.45) is 0 Å². The fourth-order valence-corrected chi connectivity index (χ4v) is 2.82. The van der Waals surface area contributed by atoms with Gasteiger partial charge in [0.05, 0.1) is 6.61 Å². The SMILES string of the molecule is OC[C@H]1O[C@H](Oc2c[nH]c3ccc(Br)cc23)[C@H](O)[C@@H](O)[C@H]1O. The van der Waals surface area contributed by atoms with Gasteiger partial charge in [-0.15, -0.1) is 0 Å². The van der Waals surface area contributed by atoms with Gasteiger partial charge in [-0.25, -0.2) is 0 Å². The molecule has 1 aliphatic rings. The van der Waals surface area contributed by atoms with Gasteiger partial charge in [0.25, 0.3) is 0 Å². The minimum absolute atomic E-state index is 0.431. The average molecular weight is 374 g/mol. The average Bonchev–Trinajstić information content (AvgIpc) is 2.90. The normalized spacial score (nSPS) is 32.3. The van der Waals surface area contributed by atoms with Crippen LogP contribution in [0.5, 0.6) is 5.75 Å². The summed E-state index contributed by atoms with van der Waals surface area (Å²) < 4.78 is 11.8. The highest BCUT2D eigenvalue weighted by Crippen LogP contribution is 2.31. The smallest absolute Gasteiger partial charge is 0.229 e. The number of H-pyrrole nitrogens is 1. The van der Waals surface area contributed by atoms with Gasteiger partial charge in [-0.05, 0) is 18.2 Å². The van der Waals surface area contributed by atoms with Gasteiger partial charge in [0.1, 0.15) is 30.2 Å². The third-order valence-corrected chi connectivity index (χ3v) is 4.19. The second-order valence-electron chi connectivity index (χ2n) is 5.16. The number of hydrogen-bond acceptors (Lipinski definition) is 6. The Morgan fingerprint density at radius 2 is 1.95 bits per heavy atom. The molecular weight excluding hydrogens is 358 g/mol. The molecule has 1 fully saturated rings. The lowest BCUT2D eigenvalue weighted by molar-refractivity contribution is -0.277. The van der Waals surface area contributed by atoms with E-state index in [2.05, 4.69) is 20.9 Å². The molecular formula is C14H16BrNO6. The van der Waals surface area contributed by atoms with Crippen LogP contribution in [0, 0.1) is 0 Å². The minimum atomic E-state index is -1.46. The molecule has 1 saturated heterocycles. The van der Waals surface area contributed by atoms with Crippen LogP contribution in [-0.2, 0) is 4.74 Å². The number of benzene rings is 1. The lowest BCUT2D eigenvalue weighted by atomic mass is 9.99. The molecule has 22 heavy (non-hydrogen) atoms. The maximum atomic E-state index is 9.99. The van der Waals surface area contributed by atoms with Crippen LogP contribution in [0.25, 0.3) is 10.9 Å². The van der Waals surface area contributed by atoms with Crippen molar-refractivity contribution in [3.05, 3.63) is 28.9 Å². The first kappa shape index (κ1) is 15.7. The third kappa shape index (κ3) is 2.73. The highest BCUT2D eigenvalue weighted by atomic mass is 79.9. The summed E-state index contributed by atoms with van der Waals surface area (Å²) in [6.45, 7) is -0.496. The van der Waals surface area contributed by atoms with Crippen LogP contribution >= 0.6 is 15.9 Å². The first-order chi connectivity index (χ1) is 10.5. The van der Waals surface area contributed by atoms with Crippen LogP contribution in [0.2, 0.25) is 0 Å². The van der Waals surface area contributed by atoms with Crippen molar-refractivity contribution in [3.63, 3.8) is 0 Å². The second kappa shape index (κ2) is 6.15. The van der Waals surface area contributed by atoms with Crippen molar-refractivity contribution in [1.29, 1.82) is 0 Å². The van der Waals surface area contributed by atoms with E-state index < -0.39 is 37.3 Å². The number of aromatic amines is 1. The summed E-state index contributed by atoms with van der Waals surface area (Å²) in [5.41, 5.74) is 0.836. The molecule has 2 aromatic rings. The van der Waals surface area contributed by atoms with E-state index in [1.165, 1.54) is 0 Å². The fraction of sp³-hybridized carbons (Fsp3) is 0.429. The number of aromatic nitrogens is 1. The van der Waals surface area contributed by atoms with E-state index in [9.17, 15) is 20.4 Å². The zero-order valence-electron chi connectivity index (χ0n) is 11.4. The van der Waals surface area contributed by atoms with E-state index in [4.69, 9.17) is 9.47 Å². The van der Waals surface area contributed by atoms with Gasteiger partial charge in [0.15, 0.2) is 0 Å². The van der Waals surface area contributed by atoms with E-state index in [0.717, 1.165) is 15.4 Å². The third-order valence-electron chi connectivity index (χ3n) is 3.70. The molecule has 0 unspecified atom stereocenters. The van der Waals surface area contributed by atoms with Crippen molar-refractivity contribution in [2.75, 3.05) is 6.61 Å². The molecule has 7 nitrogen and oxygen atoms in total. The first-order valence-electron chi connectivity index (χ1n) is 6.75. The molecule has 3 rings (SSSR count). The Bertz CT molecular complexity index is 660. The molecule has 0 bridgehead atoms. The van der Waals surface area contributed by atoms with Crippen LogP contribution < -0.4 is 4.74 Å². The van der Waals surface area contributed by atoms with Gasteiger partial charge in [-0.1, -0.05) is 15.9 Å². The Kier molecular flexibility index (Phi) is 4.40. The highest BCUT2D eigenvalue weighted by Gasteiger charge is 2.44. The Hall–Kier alpha value is -1.16. The van der Waals surface area contributed by atoms with Crippen molar-refractivity contribution in [2.45, 2.75) is 30.7 Å². The van der Waals surface area contributed by atoms with Crippen molar-refractivity contribution in [1.82, 2.24) is 4.98 Å². The van der Waals surface area contributed by atoms with Crippen molar-refractivity contribution in [3.8, 4) is 5.75 Å². The summed E-state index contributed by atoms with van der Waals surface area (Å²) in [6.07, 6.45) is -4.90. The van der Waals surface area contributed by atoms with Crippen LogP contribution in [-0.4, -0.2) is 62.7 Å². The molecule has 0 spiro atoms. The van der Waals surface area contributed by atoms with Gasteiger partial charge in [0.2, 0.25) is 6.29 Å². The van der Waals surface area contributed by atoms with Crippen LogP contribution in [0.1, 0.15) is 0 Å². The molecule has 2 heterocycles. The number of aliphatic hydroxyl groups excluding tert-OH is 4. The summed E-state index contributed by atoms with van der Waals surface area (Å²) >= 11 is 3.37. The van der Waals surface area contributed by atoms with Crippen LogP contribution in [0.4, 0.5) is 0 Å². The molecule has 1 aliphatic heterocycles. The van der Waals surface area contributed by atoms with Gasteiger partial charge >= 0.3 is 0 Å². The van der Waals surface area contributed by atoms with Gasteiger partial charge in [-0.2, -0.15) is 0 Å². The standard InChI is InChI=1S/C14H16BrNO6/c15-6-1-2-8-7(3-6)9(4-16-8)21-14-13(20)12(19)11(18)10(5-17)22-14/h1-4,10-14,16-20H,5H2/t10-,11+,12+,13-,14+/m1/s1. The second-order valence-corrected chi connectivity index (χ2v) is 6.07. The van der Waals surface area contributed by atoms with E-state index in [1.54, 1.807) is 6.20 Å². The Labute approximate surface area is 134 Å². The Balaban J connectivity index is 1.85. The summed E-state index contributed by atoms with van der Waals surface area (Å²) in [4.78, 5) is 3.02. The van der Waals surface area contributed by atoms with Crippen molar-refractivity contribution < 1.29 is 29.9 Å². The number of fused-ring (bicyclic) bond motifs is 1. The van der Waals surface area contributed by atoms with E-state index in [0.29, 0.717) is 5.75 Å². The van der Waals surface area contributed by atoms with E-state index in [-0.39, 0.29) is 0 Å². The highest BCUT2D eigenvalue weighted by molar-refractivity contribution is 9.10. The predicted molar refractivity (Wildman–Crippen MR) is 80.4 cm³/mol. The summed E-state index contributed by atoms with van der Waals surface area (Å²) in [6, 6.07) is 5.57. The molecule has 0 radical (unpaired) electrons.